The number of nitrogens with one attached hydrogen (secondary N) is 1. The third kappa shape index (κ3) is 1.50. The Kier molecular flexibility index (Phi) is 2.31. The molecular formula is C7H11NO2. The first kappa shape index (κ1) is 7.12. The van der Waals surface area contributed by atoms with Gasteiger partial charge < -0.3 is 10.1 Å². The Hall–Kier alpha value is -0.990. The molecule has 1 rings (SSSR count). The molecule has 0 fully saturated rings. The van der Waals surface area contributed by atoms with Gasteiger partial charge in [0.2, 0.25) is 5.91 Å². The van der Waals surface area contributed by atoms with Crippen LogP contribution >= 0.6 is 0 Å². The highest BCUT2D eigenvalue weighted by Crippen LogP contribution is 2.10. The molecule has 0 bridgehead atoms. The Morgan fingerprint density at radius 2 is 2.60 bits per heavy atom. The predicted molar refractivity (Wildman–Crippen MR) is 37.3 cm³/mol. The second-order valence-electron chi connectivity index (χ2n) is 2.20. The van der Waals surface area contributed by atoms with Gasteiger partial charge >= 0.3 is 0 Å². The van der Waals surface area contributed by atoms with Gasteiger partial charge in [0, 0.05) is 7.05 Å². The average molecular weight is 141 g/mol. The van der Waals surface area contributed by atoms with Crippen LogP contribution in [0.25, 0.3) is 0 Å². The summed E-state index contributed by atoms with van der Waals surface area (Å²) in [5.41, 5.74) is 0.744. The van der Waals surface area contributed by atoms with Gasteiger partial charge in [-0.15, -0.1) is 0 Å². The monoisotopic (exact) mass is 141 g/mol. The van der Waals surface area contributed by atoms with Crippen LogP contribution in [0.5, 0.6) is 0 Å². The predicted octanol–water partition coefficient (Wildman–Crippen LogP) is 0.427. The van der Waals surface area contributed by atoms with Crippen LogP contribution in [0.15, 0.2) is 11.8 Å². The standard InChI is InChI=1S/C7H11NO2/c1-8-7(9)6-3-2-4-10-5-6/h5H,2-4H2,1H3,(H,8,9). The lowest BCUT2D eigenvalue weighted by atomic mass is 10.1. The smallest absolute Gasteiger partial charge is 0.250 e. The molecule has 0 aromatic carbocycles. The van der Waals surface area contributed by atoms with Gasteiger partial charge in [0.1, 0.15) is 0 Å². The van der Waals surface area contributed by atoms with Crippen LogP contribution in [0.1, 0.15) is 12.8 Å². The second-order valence-corrected chi connectivity index (χ2v) is 2.20. The number of carbonyl (C=O) groups is 1. The maximum Gasteiger partial charge on any atom is 0.250 e. The van der Waals surface area contributed by atoms with Crippen LogP contribution in [-0.4, -0.2) is 19.6 Å². The van der Waals surface area contributed by atoms with Crippen molar-refractivity contribution in [1.29, 1.82) is 0 Å². The molecule has 0 radical (unpaired) electrons. The molecule has 3 nitrogen and oxygen atoms in total. The van der Waals surface area contributed by atoms with Gasteiger partial charge in [0.05, 0.1) is 18.4 Å². The first-order valence-electron chi connectivity index (χ1n) is 3.37. The van der Waals surface area contributed by atoms with E-state index in [4.69, 9.17) is 4.74 Å². The third-order valence-electron chi connectivity index (χ3n) is 1.45. The van der Waals surface area contributed by atoms with E-state index in [0.29, 0.717) is 0 Å². The van der Waals surface area contributed by atoms with Gasteiger partial charge in [0.25, 0.3) is 0 Å². The van der Waals surface area contributed by atoms with E-state index in [-0.39, 0.29) is 5.91 Å². The number of amides is 1. The Morgan fingerprint density at radius 1 is 1.80 bits per heavy atom. The minimum absolute atomic E-state index is 0.0281. The largest absolute Gasteiger partial charge is 0.501 e. The van der Waals surface area contributed by atoms with E-state index in [2.05, 4.69) is 5.32 Å². The summed E-state index contributed by atoms with van der Waals surface area (Å²) in [6.45, 7) is 0.737. The Balaban J connectivity index is 2.53. The molecule has 56 valence electrons. The zero-order chi connectivity index (χ0) is 7.40. The van der Waals surface area contributed by atoms with E-state index in [9.17, 15) is 4.79 Å². The molecule has 1 aliphatic heterocycles. The molecule has 0 atom stereocenters. The summed E-state index contributed by atoms with van der Waals surface area (Å²) in [6.07, 6.45) is 3.32. The van der Waals surface area contributed by atoms with Crippen molar-refractivity contribution in [3.63, 3.8) is 0 Å². The van der Waals surface area contributed by atoms with E-state index >= 15 is 0 Å². The van der Waals surface area contributed by atoms with Gasteiger partial charge in [-0.25, -0.2) is 0 Å². The molecule has 0 aliphatic carbocycles. The fraction of sp³-hybridized carbons (Fsp3) is 0.571. The summed E-state index contributed by atoms with van der Waals surface area (Å²) in [7, 11) is 1.62. The van der Waals surface area contributed by atoms with Crippen LogP contribution in [0.2, 0.25) is 0 Å². The summed E-state index contributed by atoms with van der Waals surface area (Å²) < 4.78 is 4.98. The highest BCUT2D eigenvalue weighted by molar-refractivity contribution is 5.92. The summed E-state index contributed by atoms with van der Waals surface area (Å²) in [4.78, 5) is 10.9. The molecule has 0 spiro atoms. The number of hydrogen-bond acceptors (Lipinski definition) is 2. The van der Waals surface area contributed by atoms with E-state index < -0.39 is 0 Å². The van der Waals surface area contributed by atoms with Crippen molar-refractivity contribution in [3.8, 4) is 0 Å². The van der Waals surface area contributed by atoms with E-state index in [1.54, 1.807) is 13.3 Å². The number of ether oxygens (including phenoxy) is 1. The number of likely N-dealkylation sites (N-methyl/N-ethyl adjacent to an activating group) is 1. The molecule has 0 saturated carbocycles. The lowest BCUT2D eigenvalue weighted by Crippen LogP contribution is -2.21. The molecule has 0 unspecified atom stereocenters. The van der Waals surface area contributed by atoms with Gasteiger partial charge in [0.15, 0.2) is 0 Å². The van der Waals surface area contributed by atoms with Gasteiger partial charge in [-0.2, -0.15) is 0 Å². The minimum Gasteiger partial charge on any atom is -0.501 e. The molecule has 1 N–H and O–H groups in total. The van der Waals surface area contributed by atoms with Crippen molar-refractivity contribution in [3.05, 3.63) is 11.8 Å². The van der Waals surface area contributed by atoms with E-state index in [1.807, 2.05) is 0 Å². The zero-order valence-corrected chi connectivity index (χ0v) is 6.02. The highest BCUT2D eigenvalue weighted by atomic mass is 16.5. The van der Waals surface area contributed by atoms with Crippen molar-refractivity contribution in [2.75, 3.05) is 13.7 Å². The quantitative estimate of drug-likeness (QED) is 0.575. The van der Waals surface area contributed by atoms with Gasteiger partial charge in [-0.05, 0) is 12.8 Å². The van der Waals surface area contributed by atoms with Crippen LogP contribution < -0.4 is 5.32 Å². The van der Waals surface area contributed by atoms with Crippen molar-refractivity contribution in [2.45, 2.75) is 12.8 Å². The molecule has 0 aromatic rings. The molecule has 0 aromatic heterocycles. The number of rotatable bonds is 1. The highest BCUT2D eigenvalue weighted by Gasteiger charge is 2.10. The molecule has 0 saturated heterocycles. The van der Waals surface area contributed by atoms with Crippen LogP contribution in [0.3, 0.4) is 0 Å². The minimum atomic E-state index is -0.0281. The molecule has 3 heteroatoms. The van der Waals surface area contributed by atoms with Crippen LogP contribution in [-0.2, 0) is 9.53 Å². The Bertz CT molecular complexity index is 163. The first-order valence-corrected chi connectivity index (χ1v) is 3.37. The third-order valence-corrected chi connectivity index (χ3v) is 1.45. The summed E-state index contributed by atoms with van der Waals surface area (Å²) in [5.74, 6) is -0.0281. The summed E-state index contributed by atoms with van der Waals surface area (Å²) in [6, 6.07) is 0. The SMILES string of the molecule is CNC(=O)C1=COCCC1. The lowest BCUT2D eigenvalue weighted by Gasteiger charge is -2.11. The molecule has 1 heterocycles. The molecule has 1 amide bonds. The van der Waals surface area contributed by atoms with Crippen molar-refractivity contribution < 1.29 is 9.53 Å². The fourth-order valence-electron chi connectivity index (χ4n) is 0.892. The van der Waals surface area contributed by atoms with Crippen LogP contribution in [0.4, 0.5) is 0 Å². The van der Waals surface area contributed by atoms with Crippen molar-refractivity contribution >= 4 is 5.91 Å². The number of carbonyl (C=O) groups excluding carboxylic acids is 1. The maximum absolute atomic E-state index is 10.9. The second kappa shape index (κ2) is 3.25. The van der Waals surface area contributed by atoms with Gasteiger partial charge in [-0.1, -0.05) is 0 Å². The zero-order valence-electron chi connectivity index (χ0n) is 6.02. The van der Waals surface area contributed by atoms with Crippen LogP contribution in [0, 0.1) is 0 Å². The topological polar surface area (TPSA) is 38.3 Å². The van der Waals surface area contributed by atoms with E-state index in [0.717, 1.165) is 25.0 Å². The average Bonchev–Trinajstić information content (AvgIpc) is 2.05. The Morgan fingerprint density at radius 3 is 3.10 bits per heavy atom. The maximum atomic E-state index is 10.9. The van der Waals surface area contributed by atoms with E-state index in [1.165, 1.54) is 0 Å². The molecule has 10 heavy (non-hydrogen) atoms. The lowest BCUT2D eigenvalue weighted by molar-refractivity contribution is -0.117. The summed E-state index contributed by atoms with van der Waals surface area (Å²) >= 11 is 0. The number of hydrogen-bond donors (Lipinski definition) is 1. The normalized spacial score (nSPS) is 17.1. The van der Waals surface area contributed by atoms with Crippen molar-refractivity contribution in [1.82, 2.24) is 5.32 Å². The Labute approximate surface area is 60.1 Å². The summed E-state index contributed by atoms with van der Waals surface area (Å²) in [5, 5.41) is 2.55. The molecular weight excluding hydrogens is 130 g/mol. The fourth-order valence-corrected chi connectivity index (χ4v) is 0.892. The van der Waals surface area contributed by atoms with Gasteiger partial charge in [-0.3, -0.25) is 4.79 Å². The first-order chi connectivity index (χ1) is 4.84. The van der Waals surface area contributed by atoms with Crippen molar-refractivity contribution in [2.24, 2.45) is 0 Å². The molecule has 1 aliphatic rings.